The first kappa shape index (κ1) is 21.8. The average Bonchev–Trinajstić information content (AvgIpc) is 3.46. The predicted octanol–water partition coefficient (Wildman–Crippen LogP) is 6.34. The molecule has 4 rings (SSSR count). The Balaban J connectivity index is 1.41. The van der Waals surface area contributed by atoms with Crippen LogP contribution in [-0.2, 0) is 19.4 Å². The van der Waals surface area contributed by atoms with Gasteiger partial charge in [0, 0.05) is 12.6 Å². The van der Waals surface area contributed by atoms with E-state index in [1.165, 1.54) is 41.5 Å². The molecule has 1 aliphatic rings. The molecule has 0 amide bonds. The van der Waals surface area contributed by atoms with E-state index >= 15 is 0 Å². The molecule has 0 bridgehead atoms. The lowest BCUT2D eigenvalue weighted by Crippen LogP contribution is -2.29. The van der Waals surface area contributed by atoms with E-state index in [4.69, 9.17) is 5.73 Å². The standard InChI is InChI=1S/C27H33N3S/c1-3-8-19(4-2)25-10-6-5-9-21(25)18-29-24-15-20-12-13-23(16-22(20)17-24)30-27(28)26-11-7-14-31-26/h5-7,9-14,16,19,24,29H,3-4,8,15,17-18H2,1-2H3,(H2,28,30). The molecule has 2 unspecified atom stereocenters. The fourth-order valence-corrected chi connectivity index (χ4v) is 5.34. The van der Waals surface area contributed by atoms with Gasteiger partial charge in [-0.1, -0.05) is 56.7 Å². The van der Waals surface area contributed by atoms with Crippen molar-refractivity contribution in [3.63, 3.8) is 0 Å². The Bertz CT molecular complexity index is 1020. The molecule has 31 heavy (non-hydrogen) atoms. The number of amidine groups is 1. The summed E-state index contributed by atoms with van der Waals surface area (Å²) in [5, 5.41) is 5.86. The molecule has 3 N–H and O–H groups in total. The summed E-state index contributed by atoms with van der Waals surface area (Å²) in [5.41, 5.74) is 12.9. The van der Waals surface area contributed by atoms with Crippen LogP contribution in [0.2, 0.25) is 0 Å². The molecule has 3 aromatic rings. The van der Waals surface area contributed by atoms with Crippen molar-refractivity contribution in [3.8, 4) is 0 Å². The molecular weight excluding hydrogens is 398 g/mol. The fourth-order valence-electron chi connectivity index (χ4n) is 4.71. The molecule has 4 heteroatoms. The van der Waals surface area contributed by atoms with Crippen molar-refractivity contribution in [3.05, 3.63) is 87.1 Å². The fraction of sp³-hybridized carbons (Fsp3) is 0.370. The highest BCUT2D eigenvalue weighted by Gasteiger charge is 2.22. The molecule has 2 aromatic carbocycles. The van der Waals surface area contributed by atoms with Gasteiger partial charge in [0.05, 0.1) is 10.6 Å². The third-order valence-electron chi connectivity index (χ3n) is 6.35. The van der Waals surface area contributed by atoms with Gasteiger partial charge in [-0.3, -0.25) is 0 Å². The summed E-state index contributed by atoms with van der Waals surface area (Å²) < 4.78 is 0. The van der Waals surface area contributed by atoms with Crippen molar-refractivity contribution in [1.82, 2.24) is 5.32 Å². The number of thiophene rings is 1. The number of hydrogen-bond acceptors (Lipinski definition) is 3. The van der Waals surface area contributed by atoms with Gasteiger partial charge in [-0.2, -0.15) is 0 Å². The summed E-state index contributed by atoms with van der Waals surface area (Å²) in [7, 11) is 0. The molecule has 0 fully saturated rings. The van der Waals surface area contributed by atoms with Gasteiger partial charge in [-0.15, -0.1) is 11.3 Å². The number of hydrogen-bond donors (Lipinski definition) is 2. The minimum atomic E-state index is 0.475. The zero-order valence-corrected chi connectivity index (χ0v) is 19.4. The van der Waals surface area contributed by atoms with Crippen LogP contribution in [0, 0.1) is 0 Å². The molecule has 0 radical (unpaired) electrons. The van der Waals surface area contributed by atoms with E-state index in [0.717, 1.165) is 30.0 Å². The van der Waals surface area contributed by atoms with E-state index in [1.807, 2.05) is 17.5 Å². The van der Waals surface area contributed by atoms with Crippen molar-refractivity contribution in [1.29, 1.82) is 0 Å². The molecule has 1 aromatic heterocycles. The Morgan fingerprint density at radius 2 is 1.94 bits per heavy atom. The quantitative estimate of drug-likeness (QED) is 0.307. The Morgan fingerprint density at radius 3 is 2.71 bits per heavy atom. The van der Waals surface area contributed by atoms with Crippen molar-refractivity contribution in [2.24, 2.45) is 10.7 Å². The van der Waals surface area contributed by atoms with Crippen molar-refractivity contribution < 1.29 is 0 Å². The van der Waals surface area contributed by atoms with Gasteiger partial charge in [0.1, 0.15) is 5.84 Å². The molecule has 2 atom stereocenters. The lowest BCUT2D eigenvalue weighted by atomic mass is 9.88. The number of nitrogens with zero attached hydrogens (tertiary/aromatic N) is 1. The lowest BCUT2D eigenvalue weighted by Gasteiger charge is -2.20. The Kier molecular flexibility index (Phi) is 7.21. The largest absolute Gasteiger partial charge is 0.383 e. The van der Waals surface area contributed by atoms with E-state index in [2.05, 4.69) is 66.6 Å². The van der Waals surface area contributed by atoms with Gasteiger partial charge in [-0.25, -0.2) is 4.99 Å². The van der Waals surface area contributed by atoms with Crippen LogP contribution < -0.4 is 11.1 Å². The maximum atomic E-state index is 6.18. The highest BCUT2D eigenvalue weighted by molar-refractivity contribution is 7.12. The van der Waals surface area contributed by atoms with Crippen molar-refractivity contribution in [2.45, 2.75) is 64.5 Å². The number of aliphatic imine (C=N–C) groups is 1. The van der Waals surface area contributed by atoms with Gasteiger partial charge < -0.3 is 11.1 Å². The second kappa shape index (κ2) is 10.3. The first-order valence-corrected chi connectivity index (χ1v) is 12.4. The molecule has 1 heterocycles. The Hall–Kier alpha value is -2.43. The summed E-state index contributed by atoms with van der Waals surface area (Å²) in [4.78, 5) is 5.66. The highest BCUT2D eigenvalue weighted by Crippen LogP contribution is 2.30. The van der Waals surface area contributed by atoms with Crippen LogP contribution in [0.25, 0.3) is 0 Å². The van der Waals surface area contributed by atoms with Crippen molar-refractivity contribution >= 4 is 22.9 Å². The van der Waals surface area contributed by atoms with Gasteiger partial charge in [0.25, 0.3) is 0 Å². The number of benzene rings is 2. The number of fused-ring (bicyclic) bond motifs is 1. The molecule has 0 saturated heterocycles. The smallest absolute Gasteiger partial charge is 0.141 e. The maximum absolute atomic E-state index is 6.18. The Labute approximate surface area is 190 Å². The SMILES string of the molecule is CCCC(CC)c1ccccc1CNC1Cc2ccc(N=C(N)c3cccs3)cc2C1. The van der Waals surface area contributed by atoms with Crippen molar-refractivity contribution in [2.75, 3.05) is 0 Å². The predicted molar refractivity (Wildman–Crippen MR) is 134 cm³/mol. The summed E-state index contributed by atoms with van der Waals surface area (Å²) in [6.07, 6.45) is 5.83. The van der Waals surface area contributed by atoms with Crippen LogP contribution in [0.3, 0.4) is 0 Å². The minimum absolute atomic E-state index is 0.475. The summed E-state index contributed by atoms with van der Waals surface area (Å²) >= 11 is 1.62. The van der Waals surface area contributed by atoms with Gasteiger partial charge in [-0.05, 0) is 77.4 Å². The van der Waals surface area contributed by atoms with Crippen LogP contribution in [0.5, 0.6) is 0 Å². The Morgan fingerprint density at radius 1 is 1.10 bits per heavy atom. The normalized spacial score (nSPS) is 17.0. The van der Waals surface area contributed by atoms with E-state index in [9.17, 15) is 0 Å². The summed E-state index contributed by atoms with van der Waals surface area (Å²) in [6.45, 7) is 5.53. The second-order valence-corrected chi connectivity index (χ2v) is 9.45. The van der Waals surface area contributed by atoms with E-state index in [0.29, 0.717) is 17.8 Å². The molecular formula is C27H33N3S. The second-order valence-electron chi connectivity index (χ2n) is 8.51. The topological polar surface area (TPSA) is 50.4 Å². The van der Waals surface area contributed by atoms with E-state index in [1.54, 1.807) is 11.3 Å². The zero-order valence-electron chi connectivity index (χ0n) is 18.6. The minimum Gasteiger partial charge on any atom is -0.383 e. The number of nitrogens with one attached hydrogen (secondary N) is 1. The van der Waals surface area contributed by atoms with E-state index < -0.39 is 0 Å². The van der Waals surface area contributed by atoms with Gasteiger partial charge in [0.15, 0.2) is 0 Å². The van der Waals surface area contributed by atoms with E-state index in [-0.39, 0.29) is 0 Å². The number of nitrogens with two attached hydrogens (primary N) is 1. The van der Waals surface area contributed by atoms with Crippen LogP contribution in [0.4, 0.5) is 5.69 Å². The highest BCUT2D eigenvalue weighted by atomic mass is 32.1. The van der Waals surface area contributed by atoms with Crippen LogP contribution in [0.15, 0.2) is 65.0 Å². The van der Waals surface area contributed by atoms with Crippen LogP contribution in [0.1, 0.15) is 66.2 Å². The molecule has 0 saturated carbocycles. The van der Waals surface area contributed by atoms with Gasteiger partial charge in [0.2, 0.25) is 0 Å². The third kappa shape index (κ3) is 5.25. The van der Waals surface area contributed by atoms with Crippen LogP contribution in [-0.4, -0.2) is 11.9 Å². The van der Waals surface area contributed by atoms with Crippen LogP contribution >= 0.6 is 11.3 Å². The maximum Gasteiger partial charge on any atom is 0.141 e. The van der Waals surface area contributed by atoms with Gasteiger partial charge >= 0.3 is 0 Å². The number of rotatable bonds is 9. The molecule has 3 nitrogen and oxygen atoms in total. The lowest BCUT2D eigenvalue weighted by molar-refractivity contribution is 0.524. The first-order chi connectivity index (χ1) is 15.2. The molecule has 1 aliphatic carbocycles. The zero-order chi connectivity index (χ0) is 21.6. The first-order valence-electron chi connectivity index (χ1n) is 11.5. The average molecular weight is 432 g/mol. The molecule has 0 spiro atoms. The summed E-state index contributed by atoms with van der Waals surface area (Å²) in [5.74, 6) is 1.26. The third-order valence-corrected chi connectivity index (χ3v) is 7.24. The molecule has 162 valence electrons. The molecule has 0 aliphatic heterocycles. The summed E-state index contributed by atoms with van der Waals surface area (Å²) in [6, 6.07) is 20.0. The monoisotopic (exact) mass is 431 g/mol.